The number of hydrogen-bond acceptors (Lipinski definition) is 4. The molecule has 0 aromatic heterocycles. The van der Waals surface area contributed by atoms with Gasteiger partial charge >= 0.3 is 6.09 Å². The molecule has 138 valence electrons. The second kappa shape index (κ2) is 7.20. The van der Waals surface area contributed by atoms with Crippen LogP contribution in [0.3, 0.4) is 0 Å². The standard InChI is InChI=1S/C19H34N2O3/c1-19(2,3)24-18(23)21-16-6-7-17(21)10-15(9-16)12-20-8-4-5-14(11-20)13-22/h14-17,22H,4-13H2,1-3H3/t14-,16+,17+/m1/s1. The number of amides is 1. The molecule has 3 rings (SSSR count). The number of hydrogen-bond donors (Lipinski definition) is 1. The van der Waals surface area contributed by atoms with Crippen molar-refractivity contribution in [3.05, 3.63) is 0 Å². The van der Waals surface area contributed by atoms with Crippen LogP contribution in [-0.2, 0) is 4.74 Å². The molecule has 0 aliphatic carbocycles. The van der Waals surface area contributed by atoms with Gasteiger partial charge in [-0.25, -0.2) is 4.79 Å². The van der Waals surface area contributed by atoms with Crippen LogP contribution in [0.1, 0.15) is 59.3 Å². The van der Waals surface area contributed by atoms with Crippen molar-refractivity contribution in [2.24, 2.45) is 11.8 Å². The van der Waals surface area contributed by atoms with Crippen LogP contribution in [0.5, 0.6) is 0 Å². The van der Waals surface area contributed by atoms with Gasteiger partial charge in [-0.15, -0.1) is 0 Å². The first-order valence-electron chi connectivity index (χ1n) is 9.70. The molecule has 5 nitrogen and oxygen atoms in total. The summed E-state index contributed by atoms with van der Waals surface area (Å²) in [4.78, 5) is 17.1. The Labute approximate surface area is 146 Å². The Balaban J connectivity index is 1.54. The van der Waals surface area contributed by atoms with Gasteiger partial charge in [0.2, 0.25) is 0 Å². The molecule has 0 aromatic rings. The second-order valence-corrected chi connectivity index (χ2v) is 9.06. The summed E-state index contributed by atoms with van der Waals surface area (Å²) in [5, 5.41) is 9.41. The summed E-state index contributed by atoms with van der Waals surface area (Å²) in [5.74, 6) is 1.14. The quantitative estimate of drug-likeness (QED) is 0.860. The number of rotatable bonds is 3. The number of piperidine rings is 2. The van der Waals surface area contributed by atoms with Gasteiger partial charge in [-0.1, -0.05) is 0 Å². The zero-order valence-electron chi connectivity index (χ0n) is 15.5. The minimum atomic E-state index is -0.416. The minimum Gasteiger partial charge on any atom is -0.444 e. The number of aliphatic hydroxyl groups excluding tert-OH is 1. The van der Waals surface area contributed by atoms with Gasteiger partial charge in [0, 0.05) is 31.8 Å². The van der Waals surface area contributed by atoms with Crippen molar-refractivity contribution < 1.29 is 14.6 Å². The lowest BCUT2D eigenvalue weighted by Crippen LogP contribution is -2.50. The summed E-state index contributed by atoms with van der Waals surface area (Å²) in [6.07, 6.45) is 6.71. The maximum atomic E-state index is 12.5. The van der Waals surface area contributed by atoms with E-state index in [-0.39, 0.29) is 6.09 Å². The van der Waals surface area contributed by atoms with Crippen LogP contribution in [0.2, 0.25) is 0 Å². The average molecular weight is 338 g/mol. The number of nitrogens with zero attached hydrogens (tertiary/aromatic N) is 2. The summed E-state index contributed by atoms with van der Waals surface area (Å²) in [7, 11) is 0. The number of carbonyl (C=O) groups is 1. The fourth-order valence-corrected chi connectivity index (χ4v) is 4.88. The van der Waals surface area contributed by atoms with Crippen LogP contribution in [-0.4, -0.2) is 64.9 Å². The highest BCUT2D eigenvalue weighted by Crippen LogP contribution is 2.40. The van der Waals surface area contributed by atoms with Crippen LogP contribution < -0.4 is 0 Å². The molecule has 0 aromatic carbocycles. The molecule has 0 unspecified atom stereocenters. The molecular formula is C19H34N2O3. The first-order valence-corrected chi connectivity index (χ1v) is 9.70. The molecule has 3 heterocycles. The van der Waals surface area contributed by atoms with Crippen molar-refractivity contribution in [2.75, 3.05) is 26.2 Å². The zero-order valence-corrected chi connectivity index (χ0v) is 15.5. The van der Waals surface area contributed by atoms with E-state index in [9.17, 15) is 9.90 Å². The zero-order chi connectivity index (χ0) is 17.3. The van der Waals surface area contributed by atoms with E-state index in [1.807, 2.05) is 25.7 Å². The third kappa shape index (κ3) is 4.23. The highest BCUT2D eigenvalue weighted by molar-refractivity contribution is 5.69. The van der Waals surface area contributed by atoms with Crippen molar-refractivity contribution in [1.82, 2.24) is 9.80 Å². The van der Waals surface area contributed by atoms with Crippen molar-refractivity contribution in [3.8, 4) is 0 Å². The summed E-state index contributed by atoms with van der Waals surface area (Å²) in [6.45, 7) is 9.47. The number of fused-ring (bicyclic) bond motifs is 2. The Hall–Kier alpha value is -0.810. The van der Waals surface area contributed by atoms with Gasteiger partial charge in [0.25, 0.3) is 0 Å². The van der Waals surface area contributed by atoms with E-state index in [0.29, 0.717) is 30.5 Å². The Kier molecular flexibility index (Phi) is 5.40. The summed E-state index contributed by atoms with van der Waals surface area (Å²) in [5.41, 5.74) is -0.416. The van der Waals surface area contributed by atoms with Gasteiger partial charge in [0.1, 0.15) is 5.60 Å². The number of carbonyl (C=O) groups excluding carboxylic acids is 1. The number of aliphatic hydroxyl groups is 1. The largest absolute Gasteiger partial charge is 0.444 e. The predicted molar refractivity (Wildman–Crippen MR) is 93.9 cm³/mol. The van der Waals surface area contributed by atoms with E-state index in [1.165, 1.54) is 6.42 Å². The van der Waals surface area contributed by atoms with Gasteiger partial charge in [0.05, 0.1) is 0 Å². The Morgan fingerprint density at radius 1 is 1.12 bits per heavy atom. The first-order chi connectivity index (χ1) is 11.4. The SMILES string of the molecule is CC(C)(C)OC(=O)N1[C@H]2CC[C@H]1CC(CN1CCC[C@@H](CO)C1)C2. The Morgan fingerprint density at radius 3 is 2.38 bits per heavy atom. The molecule has 2 bridgehead atoms. The summed E-state index contributed by atoms with van der Waals surface area (Å²) < 4.78 is 5.62. The molecule has 5 heteroatoms. The molecule has 3 fully saturated rings. The molecule has 0 radical (unpaired) electrons. The fraction of sp³-hybridized carbons (Fsp3) is 0.947. The van der Waals surface area contributed by atoms with Crippen LogP contribution in [0.15, 0.2) is 0 Å². The van der Waals surface area contributed by atoms with Crippen molar-refractivity contribution in [2.45, 2.75) is 77.0 Å². The third-order valence-electron chi connectivity index (χ3n) is 5.81. The lowest BCUT2D eigenvalue weighted by atomic mass is 9.89. The molecule has 0 spiro atoms. The molecule has 1 amide bonds. The van der Waals surface area contributed by atoms with Gasteiger partial charge in [-0.3, -0.25) is 0 Å². The van der Waals surface area contributed by atoms with Crippen LogP contribution >= 0.6 is 0 Å². The number of ether oxygens (including phenoxy) is 1. The maximum Gasteiger partial charge on any atom is 0.410 e. The number of likely N-dealkylation sites (tertiary alicyclic amines) is 1. The van der Waals surface area contributed by atoms with Gasteiger partial charge in [0.15, 0.2) is 0 Å². The normalized spacial score (nSPS) is 34.4. The summed E-state index contributed by atoms with van der Waals surface area (Å²) in [6, 6.07) is 0.726. The molecule has 0 saturated carbocycles. The lowest BCUT2D eigenvalue weighted by Gasteiger charge is -2.42. The Bertz CT molecular complexity index is 434. The molecule has 3 atom stereocenters. The van der Waals surface area contributed by atoms with Crippen molar-refractivity contribution in [1.29, 1.82) is 0 Å². The maximum absolute atomic E-state index is 12.5. The van der Waals surface area contributed by atoms with E-state index >= 15 is 0 Å². The highest BCUT2D eigenvalue weighted by Gasteiger charge is 2.45. The van der Waals surface area contributed by atoms with E-state index in [4.69, 9.17) is 4.74 Å². The molecule has 1 N–H and O–H groups in total. The Morgan fingerprint density at radius 2 is 1.79 bits per heavy atom. The van der Waals surface area contributed by atoms with Gasteiger partial charge in [-0.2, -0.15) is 0 Å². The van der Waals surface area contributed by atoms with Gasteiger partial charge < -0.3 is 19.6 Å². The predicted octanol–water partition coefficient (Wildman–Crippen LogP) is 2.87. The third-order valence-corrected chi connectivity index (χ3v) is 5.81. The van der Waals surface area contributed by atoms with Crippen molar-refractivity contribution >= 4 is 6.09 Å². The van der Waals surface area contributed by atoms with E-state index in [1.54, 1.807) is 0 Å². The monoisotopic (exact) mass is 338 g/mol. The first kappa shape index (κ1) is 18.0. The highest BCUT2D eigenvalue weighted by atomic mass is 16.6. The summed E-state index contributed by atoms with van der Waals surface area (Å²) >= 11 is 0. The second-order valence-electron chi connectivity index (χ2n) is 9.06. The molecule has 3 saturated heterocycles. The van der Waals surface area contributed by atoms with Gasteiger partial charge in [-0.05, 0) is 77.7 Å². The topological polar surface area (TPSA) is 53.0 Å². The molecular weight excluding hydrogens is 304 g/mol. The van der Waals surface area contributed by atoms with E-state index in [2.05, 4.69) is 4.90 Å². The smallest absolute Gasteiger partial charge is 0.410 e. The van der Waals surface area contributed by atoms with Crippen LogP contribution in [0.4, 0.5) is 4.79 Å². The van der Waals surface area contributed by atoms with E-state index in [0.717, 1.165) is 51.7 Å². The van der Waals surface area contributed by atoms with Crippen LogP contribution in [0.25, 0.3) is 0 Å². The average Bonchev–Trinajstić information content (AvgIpc) is 2.77. The lowest BCUT2D eigenvalue weighted by molar-refractivity contribution is -0.00174. The van der Waals surface area contributed by atoms with Crippen LogP contribution in [0, 0.1) is 11.8 Å². The fourth-order valence-electron chi connectivity index (χ4n) is 4.88. The minimum absolute atomic E-state index is 0.119. The van der Waals surface area contributed by atoms with E-state index < -0.39 is 5.60 Å². The molecule has 3 aliphatic rings. The molecule has 24 heavy (non-hydrogen) atoms. The van der Waals surface area contributed by atoms with Crippen molar-refractivity contribution in [3.63, 3.8) is 0 Å². The molecule has 3 aliphatic heterocycles.